The summed E-state index contributed by atoms with van der Waals surface area (Å²) in [5.41, 5.74) is 1.58. The zero-order valence-corrected chi connectivity index (χ0v) is 14.6. The van der Waals surface area contributed by atoms with Crippen LogP contribution in [0.15, 0.2) is 16.6 Å². The summed E-state index contributed by atoms with van der Waals surface area (Å²) >= 11 is 10.0. The van der Waals surface area contributed by atoms with Crippen LogP contribution in [0.5, 0.6) is 0 Å². The summed E-state index contributed by atoms with van der Waals surface area (Å²) in [6.45, 7) is 8.23. The molecule has 5 heteroatoms. The Morgan fingerprint density at radius 2 is 1.70 bits per heavy atom. The molecule has 1 saturated carbocycles. The summed E-state index contributed by atoms with van der Waals surface area (Å²) in [7, 11) is -0.391. The lowest BCUT2D eigenvalue weighted by Crippen LogP contribution is -2.41. The molecule has 0 N–H and O–H groups in total. The predicted octanol–water partition coefficient (Wildman–Crippen LogP) is 4.28. The second kappa shape index (κ2) is 4.74. The Balaban J connectivity index is 1.97. The Morgan fingerprint density at radius 3 is 2.20 bits per heavy atom. The van der Waals surface area contributed by atoms with Crippen molar-refractivity contribution in [3.8, 4) is 0 Å². The van der Waals surface area contributed by atoms with Gasteiger partial charge in [0.1, 0.15) is 0 Å². The van der Waals surface area contributed by atoms with Crippen molar-refractivity contribution in [2.45, 2.75) is 57.7 Å². The lowest BCUT2D eigenvalue weighted by Gasteiger charge is -2.32. The van der Waals surface area contributed by atoms with Crippen molar-refractivity contribution in [3.05, 3.63) is 27.2 Å². The number of halogens is 2. The van der Waals surface area contributed by atoms with Crippen LogP contribution in [0.4, 0.5) is 0 Å². The van der Waals surface area contributed by atoms with Crippen LogP contribution in [-0.4, -0.2) is 18.3 Å². The third-order valence-corrected chi connectivity index (χ3v) is 5.65. The average Bonchev–Trinajstić information content (AvgIpc) is 3.07. The van der Waals surface area contributed by atoms with Gasteiger partial charge in [0.2, 0.25) is 0 Å². The SMILES string of the molecule is CC1(C)OB(c2cc(C3CC3)c(Br)cc2Cl)OC1(C)C. The van der Waals surface area contributed by atoms with Crippen molar-refractivity contribution in [2.75, 3.05) is 0 Å². The van der Waals surface area contributed by atoms with E-state index < -0.39 is 7.12 Å². The van der Waals surface area contributed by atoms with Gasteiger partial charge in [-0.1, -0.05) is 33.6 Å². The van der Waals surface area contributed by atoms with Crippen molar-refractivity contribution >= 4 is 40.1 Å². The molecule has 1 heterocycles. The molecule has 1 saturated heterocycles. The first kappa shape index (κ1) is 14.9. The fourth-order valence-corrected chi connectivity index (χ4v) is 3.49. The molecule has 108 valence electrons. The quantitative estimate of drug-likeness (QED) is 0.736. The molecule has 0 radical (unpaired) electrons. The van der Waals surface area contributed by atoms with Crippen LogP contribution < -0.4 is 5.46 Å². The van der Waals surface area contributed by atoms with E-state index in [9.17, 15) is 0 Å². The molecule has 20 heavy (non-hydrogen) atoms. The van der Waals surface area contributed by atoms with E-state index in [-0.39, 0.29) is 11.2 Å². The van der Waals surface area contributed by atoms with Gasteiger partial charge >= 0.3 is 7.12 Å². The van der Waals surface area contributed by atoms with Crippen molar-refractivity contribution < 1.29 is 9.31 Å². The third-order valence-electron chi connectivity index (χ3n) is 4.64. The molecule has 1 aliphatic carbocycles. The zero-order chi connectivity index (χ0) is 14.7. The van der Waals surface area contributed by atoms with Crippen LogP contribution in [0.3, 0.4) is 0 Å². The van der Waals surface area contributed by atoms with Crippen LogP contribution in [0, 0.1) is 0 Å². The molecule has 0 spiro atoms. The highest BCUT2D eigenvalue weighted by Gasteiger charge is 2.52. The third kappa shape index (κ3) is 2.45. The summed E-state index contributed by atoms with van der Waals surface area (Å²) in [6.07, 6.45) is 2.51. The van der Waals surface area contributed by atoms with Crippen molar-refractivity contribution in [1.82, 2.24) is 0 Å². The van der Waals surface area contributed by atoms with E-state index in [4.69, 9.17) is 20.9 Å². The van der Waals surface area contributed by atoms with E-state index in [1.54, 1.807) is 0 Å². The molecule has 2 nitrogen and oxygen atoms in total. The van der Waals surface area contributed by atoms with Gasteiger partial charge in [-0.25, -0.2) is 0 Å². The molecule has 0 bridgehead atoms. The summed E-state index contributed by atoms with van der Waals surface area (Å²) in [5.74, 6) is 0.655. The molecule has 1 aromatic rings. The number of hydrogen-bond acceptors (Lipinski definition) is 2. The molecule has 1 aliphatic heterocycles. The number of rotatable bonds is 2. The Morgan fingerprint density at radius 1 is 1.15 bits per heavy atom. The summed E-state index contributed by atoms with van der Waals surface area (Å²) in [6, 6.07) is 4.11. The van der Waals surface area contributed by atoms with Gasteiger partial charge in [-0.15, -0.1) is 0 Å². The normalized spacial score (nSPS) is 24.2. The van der Waals surface area contributed by atoms with E-state index >= 15 is 0 Å². The Bertz CT molecular complexity index is 539. The number of benzene rings is 1. The lowest BCUT2D eigenvalue weighted by molar-refractivity contribution is 0.00578. The van der Waals surface area contributed by atoms with Crippen molar-refractivity contribution in [2.24, 2.45) is 0 Å². The second-order valence-electron chi connectivity index (χ2n) is 6.76. The van der Waals surface area contributed by atoms with Crippen molar-refractivity contribution in [1.29, 1.82) is 0 Å². The van der Waals surface area contributed by atoms with E-state index in [1.807, 2.05) is 6.07 Å². The summed E-state index contributed by atoms with van der Waals surface area (Å²) in [4.78, 5) is 0. The first-order valence-corrected chi connectivity index (χ1v) is 8.23. The highest BCUT2D eigenvalue weighted by atomic mass is 79.9. The van der Waals surface area contributed by atoms with Gasteiger partial charge < -0.3 is 9.31 Å². The van der Waals surface area contributed by atoms with Crippen LogP contribution in [-0.2, 0) is 9.31 Å². The van der Waals surface area contributed by atoms with E-state index in [1.165, 1.54) is 18.4 Å². The smallest absolute Gasteiger partial charge is 0.399 e. The van der Waals surface area contributed by atoms with Crippen LogP contribution in [0.2, 0.25) is 5.02 Å². The van der Waals surface area contributed by atoms with E-state index in [0.717, 1.165) is 9.94 Å². The molecule has 0 unspecified atom stereocenters. The second-order valence-corrected chi connectivity index (χ2v) is 8.02. The summed E-state index contributed by atoms with van der Waals surface area (Å²) in [5, 5.41) is 0.694. The highest BCUT2D eigenvalue weighted by Crippen LogP contribution is 2.44. The monoisotopic (exact) mass is 356 g/mol. The van der Waals surface area contributed by atoms with E-state index in [2.05, 4.69) is 49.7 Å². The molecule has 0 aromatic heterocycles. The predicted molar refractivity (Wildman–Crippen MR) is 86.8 cm³/mol. The molecular formula is C15H19BBrClO2. The Labute approximate surface area is 134 Å². The Kier molecular flexibility index (Phi) is 3.53. The fourth-order valence-electron chi connectivity index (χ4n) is 2.44. The largest absolute Gasteiger partial charge is 0.496 e. The van der Waals surface area contributed by atoms with Gasteiger partial charge in [-0.3, -0.25) is 0 Å². The average molecular weight is 357 g/mol. The first-order valence-electron chi connectivity index (χ1n) is 7.06. The molecule has 1 aromatic carbocycles. The molecule has 0 atom stereocenters. The van der Waals surface area contributed by atoms with Gasteiger partial charge in [-0.05, 0) is 58.1 Å². The highest BCUT2D eigenvalue weighted by molar-refractivity contribution is 9.10. The Hall–Kier alpha value is -0.0251. The maximum absolute atomic E-state index is 6.40. The minimum atomic E-state index is -0.391. The van der Waals surface area contributed by atoms with Crippen LogP contribution >= 0.6 is 27.5 Å². The number of hydrogen-bond donors (Lipinski definition) is 0. The first-order chi connectivity index (χ1) is 9.21. The van der Waals surface area contributed by atoms with Crippen LogP contribution in [0.1, 0.15) is 52.0 Å². The van der Waals surface area contributed by atoms with Crippen LogP contribution in [0.25, 0.3) is 0 Å². The van der Waals surface area contributed by atoms with E-state index in [0.29, 0.717) is 10.9 Å². The minimum absolute atomic E-state index is 0.339. The standard InChI is InChI=1S/C15H19BBrClO2/c1-14(2)15(3,4)20-16(19-14)11-7-10(9-5-6-9)12(17)8-13(11)18/h7-9H,5-6H2,1-4H3. The fraction of sp³-hybridized carbons (Fsp3) is 0.600. The summed E-state index contributed by atoms with van der Waals surface area (Å²) < 4.78 is 13.3. The zero-order valence-electron chi connectivity index (χ0n) is 12.3. The topological polar surface area (TPSA) is 18.5 Å². The van der Waals surface area contributed by atoms with Crippen molar-refractivity contribution in [3.63, 3.8) is 0 Å². The van der Waals surface area contributed by atoms with Gasteiger partial charge in [-0.2, -0.15) is 0 Å². The van der Waals surface area contributed by atoms with Gasteiger partial charge in [0.25, 0.3) is 0 Å². The molecule has 3 rings (SSSR count). The molecule has 2 fully saturated rings. The molecule has 2 aliphatic rings. The molecule has 0 amide bonds. The lowest BCUT2D eigenvalue weighted by atomic mass is 9.78. The van der Waals surface area contributed by atoms with Gasteiger partial charge in [0.15, 0.2) is 0 Å². The maximum Gasteiger partial charge on any atom is 0.496 e. The van der Waals surface area contributed by atoms with Gasteiger partial charge in [0, 0.05) is 15.0 Å². The molecular weight excluding hydrogens is 338 g/mol. The maximum atomic E-state index is 6.40. The van der Waals surface area contributed by atoms with Gasteiger partial charge in [0.05, 0.1) is 11.2 Å². The minimum Gasteiger partial charge on any atom is -0.399 e.